The van der Waals surface area contributed by atoms with Crippen LogP contribution in [0.1, 0.15) is 78.1 Å². The number of hydrogen-bond acceptors (Lipinski definition) is 8. The molecule has 212 valence electrons. The van der Waals surface area contributed by atoms with E-state index in [2.05, 4.69) is 17.4 Å². The Bertz CT molecular complexity index is 1010. The number of carbonyl (C=O) groups excluding carboxylic acids is 2. The second-order valence-corrected chi connectivity index (χ2v) is 12.1. The third kappa shape index (κ3) is 5.02. The van der Waals surface area contributed by atoms with Crippen molar-refractivity contribution in [2.75, 3.05) is 19.8 Å². The van der Waals surface area contributed by atoms with Gasteiger partial charge in [-0.05, 0) is 87.0 Å². The highest BCUT2D eigenvalue weighted by molar-refractivity contribution is 5.96. The van der Waals surface area contributed by atoms with Crippen LogP contribution in [-0.2, 0) is 19.2 Å². The maximum absolute atomic E-state index is 12.6. The van der Waals surface area contributed by atoms with Gasteiger partial charge in [-0.1, -0.05) is 24.6 Å². The molecule has 0 saturated heterocycles. The fraction of sp³-hybridized carbons (Fsp3) is 0.786. The smallest absolute Gasteiger partial charge is 0.303 e. The summed E-state index contributed by atoms with van der Waals surface area (Å²) in [6.45, 7) is 3.62. The first-order valence-corrected chi connectivity index (χ1v) is 13.9. The van der Waals surface area contributed by atoms with E-state index in [1.165, 1.54) is 5.57 Å². The number of carbonyl (C=O) groups is 3. The Hall–Kier alpha value is -2.30. The first-order valence-electron chi connectivity index (χ1n) is 13.9. The minimum absolute atomic E-state index is 0.0153. The number of allylic oxidation sites excluding steroid dienone is 2. The number of carboxylic acids is 1. The molecule has 4 aliphatic carbocycles. The molecule has 0 radical (unpaired) electrons. The quantitative estimate of drug-likeness (QED) is 0.210. The lowest BCUT2D eigenvalue weighted by Gasteiger charge is -2.60. The minimum Gasteiger partial charge on any atom is -0.481 e. The van der Waals surface area contributed by atoms with Crippen LogP contribution in [0, 0.1) is 28.6 Å². The summed E-state index contributed by atoms with van der Waals surface area (Å²) < 4.78 is 0. The molecule has 0 heterocycles. The zero-order chi connectivity index (χ0) is 27.7. The Labute approximate surface area is 223 Å². The molecular weight excluding hydrogens is 492 g/mol. The third-order valence-electron chi connectivity index (χ3n) is 10.2. The molecule has 0 aromatic heterocycles. The van der Waals surface area contributed by atoms with Crippen LogP contribution in [0.3, 0.4) is 0 Å². The zero-order valence-corrected chi connectivity index (χ0v) is 22.4. The fourth-order valence-corrected chi connectivity index (χ4v) is 8.22. The summed E-state index contributed by atoms with van der Waals surface area (Å²) in [7, 11) is 0. The van der Waals surface area contributed by atoms with Gasteiger partial charge in [0.2, 0.25) is 0 Å². The van der Waals surface area contributed by atoms with Crippen LogP contribution >= 0.6 is 0 Å². The SMILES string of the molecule is C[C@]12CC/C(=N\OCC(=O)NCCCCC(=O)O)C=C1CC[C@H]1[C@H]2[C@H](O)C[C@@]2(C)[C@@H]1CC[C@@]2(O)C(=O)CO. The molecule has 10 heteroatoms. The number of oxime groups is 1. The highest BCUT2D eigenvalue weighted by Gasteiger charge is 2.68. The van der Waals surface area contributed by atoms with Gasteiger partial charge in [-0.25, -0.2) is 0 Å². The number of ketones is 1. The van der Waals surface area contributed by atoms with Crippen molar-refractivity contribution >= 4 is 23.4 Å². The van der Waals surface area contributed by atoms with Crippen molar-refractivity contribution in [1.82, 2.24) is 5.32 Å². The molecule has 0 aromatic rings. The summed E-state index contributed by atoms with van der Waals surface area (Å²) in [6, 6.07) is 0. The molecule has 4 rings (SSSR count). The van der Waals surface area contributed by atoms with Crippen LogP contribution < -0.4 is 5.32 Å². The number of hydrogen-bond donors (Lipinski definition) is 5. The van der Waals surface area contributed by atoms with Crippen molar-refractivity contribution in [3.63, 3.8) is 0 Å². The number of aliphatic carboxylic acids is 1. The summed E-state index contributed by atoms with van der Waals surface area (Å²) >= 11 is 0. The van der Waals surface area contributed by atoms with E-state index in [1.807, 2.05) is 13.0 Å². The number of aliphatic hydroxyl groups excluding tert-OH is 2. The molecule has 0 spiro atoms. The topological polar surface area (TPSA) is 166 Å². The second kappa shape index (κ2) is 11.1. The predicted molar refractivity (Wildman–Crippen MR) is 138 cm³/mol. The fourth-order valence-electron chi connectivity index (χ4n) is 8.22. The number of carboxylic acid groups (broad SMARTS) is 1. The van der Waals surface area contributed by atoms with Crippen molar-refractivity contribution < 1.29 is 39.6 Å². The first-order chi connectivity index (χ1) is 18.0. The van der Waals surface area contributed by atoms with E-state index in [9.17, 15) is 29.7 Å². The van der Waals surface area contributed by atoms with Crippen LogP contribution in [-0.4, -0.2) is 75.3 Å². The maximum Gasteiger partial charge on any atom is 0.303 e. The number of Topliss-reactive ketones (excluding diaryl/α,β-unsaturated/α-hetero) is 1. The van der Waals surface area contributed by atoms with Crippen molar-refractivity contribution in [3.05, 3.63) is 11.6 Å². The number of aliphatic hydroxyl groups is 3. The average molecular weight is 535 g/mol. The summed E-state index contributed by atoms with van der Waals surface area (Å²) in [5.74, 6) is -1.39. The number of rotatable bonds is 10. The van der Waals surface area contributed by atoms with Gasteiger partial charge in [0.15, 0.2) is 12.4 Å². The third-order valence-corrected chi connectivity index (χ3v) is 10.2. The van der Waals surface area contributed by atoms with Crippen molar-refractivity contribution in [3.8, 4) is 0 Å². The van der Waals surface area contributed by atoms with Gasteiger partial charge in [-0.15, -0.1) is 0 Å². The molecule has 3 fully saturated rings. The van der Waals surface area contributed by atoms with Gasteiger partial charge in [0.25, 0.3) is 5.91 Å². The lowest BCUT2D eigenvalue weighted by atomic mass is 9.45. The largest absolute Gasteiger partial charge is 0.481 e. The van der Waals surface area contributed by atoms with E-state index >= 15 is 0 Å². The van der Waals surface area contributed by atoms with Crippen LogP contribution in [0.25, 0.3) is 0 Å². The van der Waals surface area contributed by atoms with Crippen LogP contribution in [0.5, 0.6) is 0 Å². The molecule has 3 saturated carbocycles. The summed E-state index contributed by atoms with van der Waals surface area (Å²) in [5, 5.41) is 47.9. The van der Waals surface area contributed by atoms with E-state index < -0.39 is 35.5 Å². The first kappa shape index (κ1) is 28.7. The molecule has 4 aliphatic rings. The summed E-state index contributed by atoms with van der Waals surface area (Å²) in [5.41, 5.74) is -0.583. The number of nitrogens with one attached hydrogen (secondary N) is 1. The van der Waals surface area contributed by atoms with Gasteiger partial charge < -0.3 is 30.6 Å². The molecule has 5 N–H and O–H groups in total. The highest BCUT2D eigenvalue weighted by Crippen LogP contribution is 2.67. The Morgan fingerprint density at radius 1 is 1.16 bits per heavy atom. The Morgan fingerprint density at radius 2 is 1.92 bits per heavy atom. The van der Waals surface area contributed by atoms with Crippen molar-refractivity contribution in [2.45, 2.75) is 89.8 Å². The maximum atomic E-state index is 12.6. The molecule has 7 atom stereocenters. The zero-order valence-electron chi connectivity index (χ0n) is 22.4. The van der Waals surface area contributed by atoms with Crippen LogP contribution in [0.4, 0.5) is 0 Å². The second-order valence-electron chi connectivity index (χ2n) is 12.1. The molecule has 10 nitrogen and oxygen atoms in total. The normalized spacial score (nSPS) is 39.0. The Kier molecular flexibility index (Phi) is 8.35. The van der Waals surface area contributed by atoms with Crippen molar-refractivity contribution in [1.29, 1.82) is 0 Å². The van der Waals surface area contributed by atoms with Crippen molar-refractivity contribution in [2.24, 2.45) is 33.7 Å². The molecule has 1 amide bonds. The summed E-state index contributed by atoms with van der Waals surface area (Å²) in [6.07, 6.45) is 7.05. The number of nitrogens with zero attached hydrogens (tertiary/aromatic N) is 1. The number of unbranched alkanes of at least 4 members (excludes halogenated alkanes) is 1. The Balaban J connectivity index is 1.39. The average Bonchev–Trinajstić information content (AvgIpc) is 3.13. The minimum atomic E-state index is -1.59. The standard InChI is InChI=1S/C28H42N2O8/c1-26-10-8-18(30-38-16-23(34)29-12-4-3-5-24(35)36)13-17(26)6-7-19-20-9-11-28(37,22(33)15-31)27(20,2)14-21(32)25(19)26/h13,19-21,25,31-32,37H,3-12,14-16H2,1-2H3,(H,29,34)(H,35,36)/b30-18+/t19-,20-,21-,25+,26+,27+,28-/m1/s1. The van der Waals surface area contributed by atoms with Gasteiger partial charge in [-0.3, -0.25) is 14.4 Å². The highest BCUT2D eigenvalue weighted by atomic mass is 16.6. The number of amides is 1. The lowest BCUT2D eigenvalue weighted by Crippen LogP contribution is -2.62. The van der Waals surface area contributed by atoms with E-state index in [1.54, 1.807) is 0 Å². The van der Waals surface area contributed by atoms with Crippen LogP contribution in [0.2, 0.25) is 0 Å². The number of fused-ring (bicyclic) bond motifs is 5. The van der Waals surface area contributed by atoms with E-state index in [0.717, 1.165) is 25.0 Å². The molecule has 0 aliphatic heterocycles. The van der Waals surface area contributed by atoms with E-state index in [0.29, 0.717) is 45.1 Å². The monoisotopic (exact) mass is 534 g/mol. The summed E-state index contributed by atoms with van der Waals surface area (Å²) in [4.78, 5) is 40.4. The molecule has 0 unspecified atom stereocenters. The van der Waals surface area contributed by atoms with Crippen LogP contribution in [0.15, 0.2) is 16.8 Å². The Morgan fingerprint density at radius 3 is 2.63 bits per heavy atom. The van der Waals surface area contributed by atoms with Gasteiger partial charge >= 0.3 is 5.97 Å². The molecular formula is C28H42N2O8. The molecule has 0 aromatic carbocycles. The van der Waals surface area contributed by atoms with Gasteiger partial charge in [0.1, 0.15) is 12.2 Å². The van der Waals surface area contributed by atoms with E-state index in [4.69, 9.17) is 9.94 Å². The van der Waals surface area contributed by atoms with Gasteiger partial charge in [0, 0.05) is 18.4 Å². The van der Waals surface area contributed by atoms with Gasteiger partial charge in [0.05, 0.1) is 11.8 Å². The van der Waals surface area contributed by atoms with Gasteiger partial charge in [-0.2, -0.15) is 0 Å². The molecule has 0 bridgehead atoms. The molecule has 38 heavy (non-hydrogen) atoms. The van der Waals surface area contributed by atoms with E-state index in [-0.39, 0.29) is 42.1 Å². The lowest BCUT2D eigenvalue weighted by molar-refractivity contribution is -0.181. The predicted octanol–water partition coefficient (Wildman–Crippen LogP) is 1.96.